The highest BCUT2D eigenvalue weighted by Crippen LogP contribution is 2.36. The second-order valence-corrected chi connectivity index (χ2v) is 5.93. The van der Waals surface area contributed by atoms with Crippen LogP contribution in [-0.2, 0) is 20.9 Å². The minimum absolute atomic E-state index is 0.0327. The van der Waals surface area contributed by atoms with Gasteiger partial charge in [0, 0.05) is 23.9 Å². The SMILES string of the molecule is COCC(=O)Nc1ccc2c(c1)OCC(=O)N2Cc1ccccc1Cl. The first-order valence-corrected chi connectivity index (χ1v) is 8.05. The fourth-order valence-corrected chi connectivity index (χ4v) is 2.78. The molecule has 0 spiro atoms. The first-order chi connectivity index (χ1) is 12.1. The van der Waals surface area contributed by atoms with Gasteiger partial charge in [-0.05, 0) is 23.8 Å². The Kier molecular flexibility index (Phi) is 5.21. The van der Waals surface area contributed by atoms with Crippen molar-refractivity contribution in [2.24, 2.45) is 0 Å². The number of carbonyl (C=O) groups is 2. The number of fused-ring (bicyclic) bond motifs is 1. The Morgan fingerprint density at radius 1 is 1.32 bits per heavy atom. The smallest absolute Gasteiger partial charge is 0.265 e. The number of rotatable bonds is 5. The lowest BCUT2D eigenvalue weighted by molar-refractivity contribution is -0.121. The Hall–Kier alpha value is -2.57. The number of carbonyl (C=O) groups excluding carboxylic acids is 2. The molecule has 2 aromatic carbocycles. The molecule has 3 rings (SSSR count). The van der Waals surface area contributed by atoms with Gasteiger partial charge >= 0.3 is 0 Å². The molecule has 7 heteroatoms. The summed E-state index contributed by atoms with van der Waals surface area (Å²) >= 11 is 6.20. The van der Waals surface area contributed by atoms with E-state index in [0.717, 1.165) is 5.56 Å². The minimum atomic E-state index is -0.262. The van der Waals surface area contributed by atoms with E-state index in [9.17, 15) is 9.59 Å². The summed E-state index contributed by atoms with van der Waals surface area (Å²) in [6, 6.07) is 12.5. The predicted octanol–water partition coefficient (Wildman–Crippen LogP) is 2.85. The van der Waals surface area contributed by atoms with Crippen molar-refractivity contribution in [1.29, 1.82) is 0 Å². The molecular weight excluding hydrogens is 344 g/mol. The second kappa shape index (κ2) is 7.55. The van der Waals surface area contributed by atoms with Crippen LogP contribution >= 0.6 is 11.6 Å². The molecule has 2 amide bonds. The van der Waals surface area contributed by atoms with Crippen LogP contribution in [0.25, 0.3) is 0 Å². The van der Waals surface area contributed by atoms with E-state index in [1.165, 1.54) is 7.11 Å². The highest BCUT2D eigenvalue weighted by Gasteiger charge is 2.26. The largest absolute Gasteiger partial charge is 0.481 e. The third-order valence-corrected chi connectivity index (χ3v) is 4.12. The normalized spacial score (nSPS) is 13.2. The molecule has 0 saturated carbocycles. The predicted molar refractivity (Wildman–Crippen MR) is 95.1 cm³/mol. The zero-order chi connectivity index (χ0) is 17.8. The lowest BCUT2D eigenvalue weighted by atomic mass is 10.1. The van der Waals surface area contributed by atoms with Gasteiger partial charge in [-0.3, -0.25) is 9.59 Å². The lowest BCUT2D eigenvalue weighted by Crippen LogP contribution is -2.38. The van der Waals surface area contributed by atoms with Crippen molar-refractivity contribution in [2.45, 2.75) is 6.54 Å². The molecule has 1 heterocycles. The molecule has 0 saturated heterocycles. The van der Waals surface area contributed by atoms with E-state index < -0.39 is 0 Å². The first kappa shape index (κ1) is 17.3. The number of nitrogens with zero attached hydrogens (tertiary/aromatic N) is 1. The Bertz CT molecular complexity index is 809. The van der Waals surface area contributed by atoms with Crippen LogP contribution in [0.2, 0.25) is 5.02 Å². The van der Waals surface area contributed by atoms with Crippen LogP contribution in [0.4, 0.5) is 11.4 Å². The standard InChI is InChI=1S/C18H17ClN2O4/c1-24-10-17(22)20-13-6-7-15-16(8-13)25-11-18(23)21(15)9-12-4-2-3-5-14(12)19/h2-8H,9-11H2,1H3,(H,20,22). The van der Waals surface area contributed by atoms with Gasteiger partial charge in [-0.25, -0.2) is 0 Å². The van der Waals surface area contributed by atoms with Gasteiger partial charge in [-0.2, -0.15) is 0 Å². The van der Waals surface area contributed by atoms with Crippen LogP contribution in [-0.4, -0.2) is 32.1 Å². The third-order valence-electron chi connectivity index (χ3n) is 3.75. The molecule has 0 aliphatic carbocycles. The van der Waals surface area contributed by atoms with Crippen molar-refractivity contribution in [2.75, 3.05) is 30.5 Å². The molecule has 1 aliphatic heterocycles. The van der Waals surface area contributed by atoms with E-state index in [2.05, 4.69) is 5.32 Å². The number of halogens is 1. The molecule has 25 heavy (non-hydrogen) atoms. The van der Waals surface area contributed by atoms with E-state index in [1.807, 2.05) is 18.2 Å². The molecule has 1 aliphatic rings. The first-order valence-electron chi connectivity index (χ1n) is 7.68. The molecule has 0 unspecified atom stereocenters. The van der Waals surface area contributed by atoms with Crippen LogP contribution in [0.3, 0.4) is 0 Å². The number of hydrogen-bond acceptors (Lipinski definition) is 4. The van der Waals surface area contributed by atoms with E-state index in [-0.39, 0.29) is 25.0 Å². The van der Waals surface area contributed by atoms with Gasteiger partial charge < -0.3 is 19.7 Å². The second-order valence-electron chi connectivity index (χ2n) is 5.52. The van der Waals surface area contributed by atoms with Crippen LogP contribution in [0.15, 0.2) is 42.5 Å². The number of methoxy groups -OCH3 is 1. The van der Waals surface area contributed by atoms with Gasteiger partial charge in [0.25, 0.3) is 5.91 Å². The fraction of sp³-hybridized carbons (Fsp3) is 0.222. The van der Waals surface area contributed by atoms with Crippen molar-refractivity contribution < 1.29 is 19.1 Å². The van der Waals surface area contributed by atoms with Crippen molar-refractivity contribution in [1.82, 2.24) is 0 Å². The Labute approximate surface area is 150 Å². The molecule has 0 aromatic heterocycles. The average Bonchev–Trinajstić information content (AvgIpc) is 2.59. The molecule has 0 radical (unpaired) electrons. The topological polar surface area (TPSA) is 67.9 Å². The van der Waals surface area contributed by atoms with E-state index >= 15 is 0 Å². The molecule has 6 nitrogen and oxygen atoms in total. The van der Waals surface area contributed by atoms with Gasteiger partial charge in [-0.15, -0.1) is 0 Å². The van der Waals surface area contributed by atoms with Crippen molar-refractivity contribution >= 4 is 34.8 Å². The van der Waals surface area contributed by atoms with Gasteiger partial charge in [0.05, 0.1) is 12.2 Å². The molecule has 0 atom stereocenters. The molecule has 0 bridgehead atoms. The quantitative estimate of drug-likeness (QED) is 0.890. The Morgan fingerprint density at radius 3 is 2.88 bits per heavy atom. The van der Waals surface area contributed by atoms with E-state index in [1.54, 1.807) is 29.2 Å². The van der Waals surface area contributed by atoms with Crippen molar-refractivity contribution in [3.63, 3.8) is 0 Å². The van der Waals surface area contributed by atoms with Gasteiger partial charge in [-0.1, -0.05) is 29.8 Å². The van der Waals surface area contributed by atoms with Crippen molar-refractivity contribution in [3.8, 4) is 5.75 Å². The molecular formula is C18H17ClN2O4. The van der Waals surface area contributed by atoms with Crippen LogP contribution < -0.4 is 15.0 Å². The number of hydrogen-bond donors (Lipinski definition) is 1. The minimum Gasteiger partial charge on any atom is -0.481 e. The molecule has 1 N–H and O–H groups in total. The number of ether oxygens (including phenoxy) is 2. The summed E-state index contributed by atoms with van der Waals surface area (Å²) < 4.78 is 10.3. The summed E-state index contributed by atoms with van der Waals surface area (Å²) in [5.41, 5.74) is 2.07. The van der Waals surface area contributed by atoms with Gasteiger partial charge in [0.2, 0.25) is 5.91 Å². The zero-order valence-corrected chi connectivity index (χ0v) is 14.4. The molecule has 130 valence electrons. The number of benzene rings is 2. The maximum atomic E-state index is 12.3. The van der Waals surface area contributed by atoms with Gasteiger partial charge in [0.1, 0.15) is 12.4 Å². The number of anilines is 2. The van der Waals surface area contributed by atoms with Crippen LogP contribution in [0.1, 0.15) is 5.56 Å². The molecule has 2 aromatic rings. The summed E-state index contributed by atoms with van der Waals surface area (Å²) in [5.74, 6) is 0.118. The third kappa shape index (κ3) is 3.92. The van der Waals surface area contributed by atoms with Gasteiger partial charge in [0.15, 0.2) is 6.61 Å². The number of nitrogens with one attached hydrogen (secondary N) is 1. The summed E-state index contributed by atoms with van der Waals surface area (Å²) in [7, 11) is 1.45. The molecule has 0 fully saturated rings. The van der Waals surface area contributed by atoms with E-state index in [4.69, 9.17) is 21.1 Å². The summed E-state index contributed by atoms with van der Waals surface area (Å²) in [5, 5.41) is 3.31. The van der Waals surface area contributed by atoms with Crippen LogP contribution in [0, 0.1) is 0 Å². The van der Waals surface area contributed by atoms with E-state index in [0.29, 0.717) is 28.7 Å². The fourth-order valence-electron chi connectivity index (χ4n) is 2.58. The lowest BCUT2D eigenvalue weighted by Gasteiger charge is -2.30. The Balaban J connectivity index is 1.85. The van der Waals surface area contributed by atoms with Crippen LogP contribution in [0.5, 0.6) is 5.75 Å². The highest BCUT2D eigenvalue weighted by molar-refractivity contribution is 6.31. The maximum Gasteiger partial charge on any atom is 0.265 e. The average molecular weight is 361 g/mol. The summed E-state index contributed by atoms with van der Waals surface area (Å²) in [6.07, 6.45) is 0. The monoisotopic (exact) mass is 360 g/mol. The van der Waals surface area contributed by atoms with Crippen molar-refractivity contribution in [3.05, 3.63) is 53.1 Å². The summed E-state index contributed by atoms with van der Waals surface area (Å²) in [4.78, 5) is 25.5. The number of amides is 2. The maximum absolute atomic E-state index is 12.3. The highest BCUT2D eigenvalue weighted by atomic mass is 35.5. The zero-order valence-electron chi connectivity index (χ0n) is 13.6. The summed E-state index contributed by atoms with van der Waals surface area (Å²) in [6.45, 7) is 0.256. The Morgan fingerprint density at radius 2 is 2.12 bits per heavy atom.